The zero-order chi connectivity index (χ0) is 31.1. The molecule has 4 heterocycles. The van der Waals surface area contributed by atoms with Gasteiger partial charge in [0.2, 0.25) is 5.91 Å². The quantitative estimate of drug-likeness (QED) is 0.234. The molecule has 0 spiro atoms. The van der Waals surface area contributed by atoms with Crippen molar-refractivity contribution in [2.45, 2.75) is 51.4 Å². The van der Waals surface area contributed by atoms with Gasteiger partial charge in [-0.3, -0.25) is 9.59 Å². The predicted molar refractivity (Wildman–Crippen MR) is 167 cm³/mol. The zero-order valence-corrected chi connectivity index (χ0v) is 25.1. The number of pyridine rings is 1. The summed E-state index contributed by atoms with van der Waals surface area (Å²) >= 11 is 0. The number of amides is 1. The number of carboxylic acid groups (broad SMARTS) is 1. The molecule has 232 valence electrons. The van der Waals surface area contributed by atoms with Crippen molar-refractivity contribution in [1.29, 1.82) is 0 Å². The molecule has 12 heteroatoms. The molecule has 2 aliphatic rings. The van der Waals surface area contributed by atoms with Gasteiger partial charge < -0.3 is 30.7 Å². The van der Waals surface area contributed by atoms with Crippen LogP contribution in [0.2, 0.25) is 0 Å². The van der Waals surface area contributed by atoms with Crippen molar-refractivity contribution in [1.82, 2.24) is 15.0 Å². The van der Waals surface area contributed by atoms with E-state index in [-0.39, 0.29) is 18.5 Å². The number of anilines is 4. The van der Waals surface area contributed by atoms with Crippen LogP contribution in [-0.2, 0) is 27.2 Å². The molecule has 0 aliphatic carbocycles. The Morgan fingerprint density at radius 1 is 1.16 bits per heavy atom. The highest BCUT2D eigenvalue weighted by Gasteiger charge is 2.27. The SMILES string of the molecule is CCc1c(NC[C@H](CC(=O)Nc2cccc(C(=O)OC)c2)C(=O)O)ncnc1N1CCC(c2ccc3c(n2)NCCC3)CC1. The second kappa shape index (κ2) is 14.2. The van der Waals surface area contributed by atoms with Gasteiger partial charge in [0.15, 0.2) is 0 Å². The Morgan fingerprint density at radius 3 is 2.73 bits per heavy atom. The highest BCUT2D eigenvalue weighted by atomic mass is 16.5. The number of nitrogens with one attached hydrogen (secondary N) is 3. The third-order valence-corrected chi connectivity index (χ3v) is 8.27. The number of piperidine rings is 1. The van der Waals surface area contributed by atoms with Crippen molar-refractivity contribution < 1.29 is 24.2 Å². The Labute approximate surface area is 256 Å². The topological polar surface area (TPSA) is 159 Å². The molecule has 1 amide bonds. The largest absolute Gasteiger partial charge is 0.481 e. The van der Waals surface area contributed by atoms with E-state index in [4.69, 9.17) is 9.72 Å². The van der Waals surface area contributed by atoms with E-state index < -0.39 is 23.8 Å². The number of carbonyl (C=O) groups excluding carboxylic acids is 2. The molecule has 12 nitrogen and oxygen atoms in total. The van der Waals surface area contributed by atoms with Crippen molar-refractivity contribution in [2.24, 2.45) is 5.92 Å². The number of aliphatic carboxylic acids is 1. The van der Waals surface area contributed by atoms with Crippen LogP contribution >= 0.6 is 0 Å². The van der Waals surface area contributed by atoms with Gasteiger partial charge in [0.05, 0.1) is 18.6 Å². The lowest BCUT2D eigenvalue weighted by Crippen LogP contribution is -2.35. The molecular formula is C32H39N7O5. The number of rotatable bonds is 11. The van der Waals surface area contributed by atoms with Crippen LogP contribution in [0, 0.1) is 5.92 Å². The number of hydrogen-bond acceptors (Lipinski definition) is 10. The fraction of sp³-hybridized carbons (Fsp3) is 0.438. The first-order valence-electron chi connectivity index (χ1n) is 15.1. The number of aromatic nitrogens is 3. The zero-order valence-electron chi connectivity index (χ0n) is 25.1. The molecule has 2 aliphatic heterocycles. The van der Waals surface area contributed by atoms with Gasteiger partial charge in [-0.15, -0.1) is 0 Å². The lowest BCUT2D eigenvalue weighted by atomic mass is 9.92. The summed E-state index contributed by atoms with van der Waals surface area (Å²) in [5.41, 5.74) is 4.01. The molecule has 0 saturated carbocycles. The van der Waals surface area contributed by atoms with E-state index in [1.807, 2.05) is 6.92 Å². The standard InChI is InChI=1S/C32H39N7O5/c1-3-25-29(34-18-23(31(41)42)17-27(40)37-24-8-4-6-22(16-24)32(43)44-2)35-19-36-30(25)39-14-11-20(12-15-39)26-10-9-21-7-5-13-33-28(21)38-26/h4,6,8-10,16,19-20,23H,3,5,7,11-15,17-18H2,1-2H3,(H,33,38)(H,37,40)(H,41,42)(H,34,35,36)/t23-/m0/s1. The van der Waals surface area contributed by atoms with Crippen molar-refractivity contribution in [3.05, 3.63) is 65.1 Å². The van der Waals surface area contributed by atoms with Crippen LogP contribution in [-0.4, -0.2) is 71.2 Å². The maximum atomic E-state index is 12.7. The second-order valence-electron chi connectivity index (χ2n) is 11.2. The molecule has 0 unspecified atom stereocenters. The summed E-state index contributed by atoms with van der Waals surface area (Å²) in [6.45, 7) is 4.66. The lowest BCUT2D eigenvalue weighted by molar-refractivity contribution is -0.142. The van der Waals surface area contributed by atoms with Crippen molar-refractivity contribution in [3.63, 3.8) is 0 Å². The average molecular weight is 602 g/mol. The summed E-state index contributed by atoms with van der Waals surface area (Å²) in [6, 6.07) is 10.7. The maximum absolute atomic E-state index is 12.7. The molecule has 0 bridgehead atoms. The summed E-state index contributed by atoms with van der Waals surface area (Å²) < 4.78 is 4.72. The smallest absolute Gasteiger partial charge is 0.337 e. The van der Waals surface area contributed by atoms with Crippen LogP contribution in [0.25, 0.3) is 0 Å². The highest BCUT2D eigenvalue weighted by Crippen LogP contribution is 2.33. The van der Waals surface area contributed by atoms with Crippen molar-refractivity contribution in [2.75, 3.05) is 54.1 Å². The molecule has 44 heavy (non-hydrogen) atoms. The summed E-state index contributed by atoms with van der Waals surface area (Å²) in [5, 5.41) is 19.1. The first-order valence-corrected chi connectivity index (χ1v) is 15.1. The van der Waals surface area contributed by atoms with Crippen LogP contribution in [0.4, 0.5) is 23.1 Å². The van der Waals surface area contributed by atoms with Gasteiger partial charge in [0, 0.05) is 55.5 Å². The fourth-order valence-electron chi connectivity index (χ4n) is 5.86. The normalized spacial score (nSPS) is 15.5. The molecule has 3 aromatic rings. The third kappa shape index (κ3) is 7.24. The van der Waals surface area contributed by atoms with Crippen LogP contribution in [0.1, 0.15) is 65.7 Å². The van der Waals surface area contributed by atoms with Gasteiger partial charge in [-0.1, -0.05) is 19.1 Å². The molecule has 5 rings (SSSR count). The Balaban J connectivity index is 1.20. The van der Waals surface area contributed by atoms with Crippen molar-refractivity contribution in [3.8, 4) is 0 Å². The van der Waals surface area contributed by atoms with E-state index in [9.17, 15) is 19.5 Å². The molecule has 1 atom stereocenters. The van der Waals surface area contributed by atoms with Crippen molar-refractivity contribution >= 4 is 41.0 Å². The third-order valence-electron chi connectivity index (χ3n) is 8.27. The Bertz CT molecular complexity index is 1510. The minimum absolute atomic E-state index is 0.00845. The first-order chi connectivity index (χ1) is 21.4. The minimum atomic E-state index is -1.10. The van der Waals surface area contributed by atoms with Crippen LogP contribution in [0.15, 0.2) is 42.7 Å². The number of methoxy groups -OCH3 is 1. The maximum Gasteiger partial charge on any atom is 0.337 e. The van der Waals surface area contributed by atoms with Crippen LogP contribution in [0.5, 0.6) is 0 Å². The van der Waals surface area contributed by atoms with Gasteiger partial charge >= 0.3 is 11.9 Å². The Morgan fingerprint density at radius 2 is 1.98 bits per heavy atom. The van der Waals surface area contributed by atoms with Gasteiger partial charge in [-0.25, -0.2) is 19.7 Å². The number of carbonyl (C=O) groups is 3. The van der Waals surface area contributed by atoms with Gasteiger partial charge in [0.25, 0.3) is 0 Å². The van der Waals surface area contributed by atoms with E-state index in [1.54, 1.807) is 18.2 Å². The summed E-state index contributed by atoms with van der Waals surface area (Å²) in [5.74, 6) is -0.285. The van der Waals surface area contributed by atoms with Gasteiger partial charge in [-0.05, 0) is 61.9 Å². The number of esters is 1. The molecular weight excluding hydrogens is 562 g/mol. The number of benzene rings is 1. The van der Waals surface area contributed by atoms with E-state index in [2.05, 4.69) is 43.0 Å². The number of hydrogen-bond donors (Lipinski definition) is 4. The summed E-state index contributed by atoms with van der Waals surface area (Å²) in [6.07, 6.45) is 6.03. The Hall–Kier alpha value is -4.74. The summed E-state index contributed by atoms with van der Waals surface area (Å²) in [4.78, 5) is 52.8. The van der Waals surface area contributed by atoms with E-state index in [0.29, 0.717) is 23.8 Å². The van der Waals surface area contributed by atoms with E-state index >= 15 is 0 Å². The molecule has 1 aromatic carbocycles. The number of ether oxygens (including phenoxy) is 1. The molecule has 1 fully saturated rings. The molecule has 4 N–H and O–H groups in total. The number of aryl methyl sites for hydroxylation is 1. The minimum Gasteiger partial charge on any atom is -0.481 e. The first kappa shape index (κ1) is 30.7. The van der Waals surface area contributed by atoms with Crippen LogP contribution < -0.4 is 20.9 Å². The van der Waals surface area contributed by atoms with Crippen LogP contribution in [0.3, 0.4) is 0 Å². The number of nitrogens with zero attached hydrogens (tertiary/aromatic N) is 4. The average Bonchev–Trinajstić information content (AvgIpc) is 3.05. The van der Waals surface area contributed by atoms with Gasteiger partial charge in [-0.2, -0.15) is 0 Å². The fourth-order valence-corrected chi connectivity index (χ4v) is 5.86. The highest BCUT2D eigenvalue weighted by molar-refractivity contribution is 5.95. The lowest BCUT2D eigenvalue weighted by Gasteiger charge is -2.34. The monoisotopic (exact) mass is 601 g/mol. The second-order valence-corrected chi connectivity index (χ2v) is 11.2. The van der Waals surface area contributed by atoms with E-state index in [0.717, 1.165) is 68.2 Å². The number of fused-ring (bicyclic) bond motifs is 1. The van der Waals surface area contributed by atoms with E-state index in [1.165, 1.54) is 25.1 Å². The number of carboxylic acids is 1. The Kier molecular flexibility index (Phi) is 9.88. The molecule has 2 aromatic heterocycles. The molecule has 0 radical (unpaired) electrons. The summed E-state index contributed by atoms with van der Waals surface area (Å²) in [7, 11) is 1.27. The molecule has 1 saturated heterocycles. The van der Waals surface area contributed by atoms with Gasteiger partial charge in [0.1, 0.15) is 23.8 Å². The predicted octanol–water partition coefficient (Wildman–Crippen LogP) is 4.10.